The van der Waals surface area contributed by atoms with E-state index in [0.717, 1.165) is 36.7 Å². The highest BCUT2D eigenvalue weighted by atomic mass is 32.2. The van der Waals surface area contributed by atoms with Gasteiger partial charge in [0.25, 0.3) is 0 Å². The van der Waals surface area contributed by atoms with Crippen LogP contribution in [-0.4, -0.2) is 42.1 Å². The van der Waals surface area contributed by atoms with E-state index < -0.39 is 0 Å². The van der Waals surface area contributed by atoms with E-state index in [1.807, 2.05) is 36.2 Å². The van der Waals surface area contributed by atoms with Crippen molar-refractivity contribution in [1.82, 2.24) is 10.3 Å². The van der Waals surface area contributed by atoms with Crippen molar-refractivity contribution in [2.75, 3.05) is 26.1 Å². The lowest BCUT2D eigenvalue weighted by molar-refractivity contribution is 0.210. The molecule has 2 heterocycles. The predicted octanol–water partition coefficient (Wildman–Crippen LogP) is 3.28. The van der Waals surface area contributed by atoms with Crippen LogP contribution in [-0.2, 0) is 17.7 Å². The Morgan fingerprint density at radius 2 is 2.04 bits per heavy atom. The molecule has 3 rings (SSSR count). The van der Waals surface area contributed by atoms with Crippen molar-refractivity contribution in [2.45, 2.75) is 25.0 Å². The third-order valence-corrected chi connectivity index (χ3v) is 5.46. The molecule has 1 aliphatic heterocycles. The molecule has 0 bridgehead atoms. The summed E-state index contributed by atoms with van der Waals surface area (Å²) in [6.07, 6.45) is 3.91. The van der Waals surface area contributed by atoms with Crippen LogP contribution in [0.2, 0.25) is 0 Å². The molecule has 1 fully saturated rings. The number of aryl methyl sites for hydroxylation is 1. The van der Waals surface area contributed by atoms with Gasteiger partial charge in [-0.3, -0.25) is 4.98 Å². The summed E-state index contributed by atoms with van der Waals surface area (Å²) in [6.45, 7) is 3.51. The first-order valence-electron chi connectivity index (χ1n) is 8.88. The molecule has 6 heteroatoms. The van der Waals surface area contributed by atoms with E-state index in [-0.39, 0.29) is 0 Å². The summed E-state index contributed by atoms with van der Waals surface area (Å²) < 4.78 is 5.89. The molecule has 138 valence electrons. The summed E-state index contributed by atoms with van der Waals surface area (Å²) in [5, 5.41) is 8.12. The number of nitrogens with one attached hydrogen (secondary N) is 1. The summed E-state index contributed by atoms with van der Waals surface area (Å²) in [7, 11) is 1.53. The van der Waals surface area contributed by atoms with E-state index in [9.17, 15) is 0 Å². The van der Waals surface area contributed by atoms with Crippen molar-refractivity contribution in [3.63, 3.8) is 0 Å². The van der Waals surface area contributed by atoms with Gasteiger partial charge in [0.1, 0.15) is 25.2 Å². The first-order chi connectivity index (χ1) is 12.8. The van der Waals surface area contributed by atoms with Crippen LogP contribution in [0.25, 0.3) is 0 Å². The van der Waals surface area contributed by atoms with Gasteiger partial charge in [-0.15, -0.1) is 11.8 Å². The number of thioether (sulfide) groups is 1. The van der Waals surface area contributed by atoms with Crippen molar-refractivity contribution in [3.8, 4) is 5.75 Å². The van der Waals surface area contributed by atoms with E-state index in [1.54, 1.807) is 0 Å². The number of hydrogen-bond donors (Lipinski definition) is 1. The summed E-state index contributed by atoms with van der Waals surface area (Å²) in [5.74, 6) is 1.88. The Morgan fingerprint density at radius 1 is 1.23 bits per heavy atom. The third-order valence-electron chi connectivity index (χ3n) is 4.29. The summed E-state index contributed by atoms with van der Waals surface area (Å²) in [5.41, 5.74) is 3.97. The molecule has 0 radical (unpaired) electrons. The molecular formula is C20H25N3O2S. The molecule has 26 heavy (non-hydrogen) atoms. The number of ether oxygens (including phenoxy) is 1. The molecule has 1 aromatic carbocycles. The van der Waals surface area contributed by atoms with E-state index in [1.165, 1.54) is 18.2 Å². The number of rotatable bonds is 8. The van der Waals surface area contributed by atoms with E-state index in [4.69, 9.17) is 9.57 Å². The number of benzene rings is 1. The monoisotopic (exact) mass is 371 g/mol. The fourth-order valence-electron chi connectivity index (χ4n) is 2.78. The highest BCUT2D eigenvalue weighted by molar-refractivity contribution is 8.00. The van der Waals surface area contributed by atoms with Gasteiger partial charge < -0.3 is 14.9 Å². The summed E-state index contributed by atoms with van der Waals surface area (Å²) in [6, 6.07) is 12.3. The van der Waals surface area contributed by atoms with Crippen LogP contribution in [0, 0.1) is 0 Å². The van der Waals surface area contributed by atoms with Crippen molar-refractivity contribution in [2.24, 2.45) is 5.16 Å². The maximum absolute atomic E-state index is 5.89. The SMILES string of the molecule is CCc1ccc(/C(COc2ccc(CC3CNCS3)cc2)=N/OC)nc1. The minimum Gasteiger partial charge on any atom is -0.487 e. The number of oxime groups is 1. The van der Waals surface area contributed by atoms with Crippen LogP contribution in [0.5, 0.6) is 5.75 Å². The Bertz CT molecular complexity index is 711. The average Bonchev–Trinajstić information content (AvgIpc) is 3.19. The third kappa shape index (κ3) is 5.22. The van der Waals surface area contributed by atoms with Crippen LogP contribution in [0.1, 0.15) is 23.7 Å². The highest BCUT2D eigenvalue weighted by Crippen LogP contribution is 2.21. The molecule has 0 aliphatic carbocycles. The topological polar surface area (TPSA) is 55.7 Å². The summed E-state index contributed by atoms with van der Waals surface area (Å²) in [4.78, 5) is 9.41. The molecule has 5 nitrogen and oxygen atoms in total. The van der Waals surface area contributed by atoms with Crippen LogP contribution in [0.15, 0.2) is 47.8 Å². The fourth-order valence-corrected chi connectivity index (χ4v) is 3.80. The van der Waals surface area contributed by atoms with Crippen molar-refractivity contribution in [1.29, 1.82) is 0 Å². The van der Waals surface area contributed by atoms with Crippen LogP contribution >= 0.6 is 11.8 Å². The van der Waals surface area contributed by atoms with Crippen LogP contribution in [0.4, 0.5) is 0 Å². The van der Waals surface area contributed by atoms with E-state index >= 15 is 0 Å². The maximum atomic E-state index is 5.89. The lowest BCUT2D eigenvalue weighted by Gasteiger charge is -2.11. The normalized spacial score (nSPS) is 17.3. The smallest absolute Gasteiger partial charge is 0.143 e. The second-order valence-electron chi connectivity index (χ2n) is 6.15. The maximum Gasteiger partial charge on any atom is 0.143 e. The quantitative estimate of drug-likeness (QED) is 0.570. The van der Waals surface area contributed by atoms with Crippen molar-refractivity contribution in [3.05, 3.63) is 59.4 Å². The Kier molecular flexibility index (Phi) is 6.91. The molecule has 2 aromatic rings. The largest absolute Gasteiger partial charge is 0.487 e. The van der Waals surface area contributed by atoms with Gasteiger partial charge in [-0.2, -0.15) is 0 Å². The number of aromatic nitrogens is 1. The second-order valence-corrected chi connectivity index (χ2v) is 7.44. The zero-order valence-electron chi connectivity index (χ0n) is 15.3. The average molecular weight is 372 g/mol. The lowest BCUT2D eigenvalue weighted by atomic mass is 10.1. The molecule has 1 aliphatic rings. The highest BCUT2D eigenvalue weighted by Gasteiger charge is 2.15. The van der Waals surface area contributed by atoms with Crippen LogP contribution in [0.3, 0.4) is 0 Å². The lowest BCUT2D eigenvalue weighted by Crippen LogP contribution is -2.15. The molecule has 1 unspecified atom stereocenters. The summed E-state index contributed by atoms with van der Waals surface area (Å²) >= 11 is 1.98. The standard InChI is InChI=1S/C20H25N3O2S/c1-3-15-6-9-19(22-11-15)20(23-24-2)13-25-17-7-4-16(5-8-17)10-18-12-21-14-26-18/h4-9,11,18,21H,3,10,12-14H2,1-2H3/b23-20+. The predicted molar refractivity (Wildman–Crippen MR) is 107 cm³/mol. The van der Waals surface area contributed by atoms with Crippen molar-refractivity contribution >= 4 is 17.5 Å². The Balaban J connectivity index is 1.58. The van der Waals surface area contributed by atoms with Gasteiger partial charge in [0, 0.05) is 23.9 Å². The number of hydrogen-bond acceptors (Lipinski definition) is 6. The minimum absolute atomic E-state index is 0.314. The number of nitrogens with zero attached hydrogens (tertiary/aromatic N) is 2. The molecule has 1 saturated heterocycles. The Labute approximate surface area is 159 Å². The molecule has 0 amide bonds. The van der Waals surface area contributed by atoms with Crippen molar-refractivity contribution < 1.29 is 9.57 Å². The van der Waals surface area contributed by atoms with Crippen LogP contribution < -0.4 is 10.1 Å². The molecule has 1 N–H and O–H groups in total. The Morgan fingerprint density at radius 3 is 2.65 bits per heavy atom. The second kappa shape index (κ2) is 9.59. The zero-order valence-corrected chi connectivity index (χ0v) is 16.1. The van der Waals surface area contributed by atoms with Gasteiger partial charge in [-0.1, -0.05) is 30.3 Å². The molecule has 0 saturated carbocycles. The Hall–Kier alpha value is -2.05. The molecule has 0 spiro atoms. The molecule has 1 aromatic heterocycles. The van der Waals surface area contributed by atoms with Gasteiger partial charge in [-0.25, -0.2) is 0 Å². The molecule has 1 atom stereocenters. The van der Waals surface area contributed by atoms with Gasteiger partial charge in [0.2, 0.25) is 0 Å². The number of pyridine rings is 1. The van der Waals surface area contributed by atoms with Gasteiger partial charge >= 0.3 is 0 Å². The first-order valence-corrected chi connectivity index (χ1v) is 9.92. The minimum atomic E-state index is 0.314. The molecular weight excluding hydrogens is 346 g/mol. The van der Waals surface area contributed by atoms with Gasteiger partial charge in [0.05, 0.1) is 5.69 Å². The zero-order chi connectivity index (χ0) is 18.2. The van der Waals surface area contributed by atoms with Gasteiger partial charge in [0.15, 0.2) is 0 Å². The van der Waals surface area contributed by atoms with Gasteiger partial charge in [-0.05, 0) is 42.2 Å². The van der Waals surface area contributed by atoms with E-state index in [0.29, 0.717) is 17.6 Å². The fraction of sp³-hybridized carbons (Fsp3) is 0.400. The van der Waals surface area contributed by atoms with E-state index in [2.05, 4.69) is 40.6 Å². The first kappa shape index (κ1) is 18.7.